The lowest BCUT2D eigenvalue weighted by atomic mass is 9.99. The van der Waals surface area contributed by atoms with Gasteiger partial charge in [-0.05, 0) is 110 Å². The van der Waals surface area contributed by atoms with Gasteiger partial charge in [0, 0.05) is 23.8 Å². The summed E-state index contributed by atoms with van der Waals surface area (Å²) in [7, 11) is -3.33. The highest BCUT2D eigenvalue weighted by molar-refractivity contribution is 7.90. The summed E-state index contributed by atoms with van der Waals surface area (Å²) in [6.45, 7) is 3.82. The van der Waals surface area contributed by atoms with Crippen LogP contribution in [0.25, 0.3) is 21.9 Å². The highest BCUT2D eigenvalue weighted by Gasteiger charge is 2.16. The molecule has 0 saturated carbocycles. The van der Waals surface area contributed by atoms with Gasteiger partial charge < -0.3 is 14.2 Å². The predicted molar refractivity (Wildman–Crippen MR) is 176 cm³/mol. The first-order valence-electron chi connectivity index (χ1n) is 15.1. The summed E-state index contributed by atoms with van der Waals surface area (Å²) in [5.41, 5.74) is 2.06. The van der Waals surface area contributed by atoms with E-state index < -0.39 is 15.8 Å². The molecule has 5 aromatic carbocycles. The third-order valence-corrected chi connectivity index (χ3v) is 9.05. The zero-order valence-electron chi connectivity index (χ0n) is 25.1. The van der Waals surface area contributed by atoms with Crippen molar-refractivity contribution in [3.63, 3.8) is 0 Å². The minimum atomic E-state index is -3.33. The van der Waals surface area contributed by atoms with Gasteiger partial charge in [0.25, 0.3) is 0 Å². The van der Waals surface area contributed by atoms with Crippen molar-refractivity contribution in [1.29, 1.82) is 0 Å². The number of sulfone groups is 1. The van der Waals surface area contributed by atoms with Gasteiger partial charge >= 0.3 is 5.97 Å². The Balaban J connectivity index is 1.27. The molecular formula is C37H35NO6S. The minimum Gasteiger partial charge on any atom is -0.492 e. The quantitative estimate of drug-likeness (QED) is 0.116. The van der Waals surface area contributed by atoms with Crippen LogP contribution in [0, 0.1) is 0 Å². The second-order valence-electron chi connectivity index (χ2n) is 11.2. The van der Waals surface area contributed by atoms with E-state index in [-0.39, 0.29) is 4.90 Å². The van der Waals surface area contributed by atoms with E-state index in [2.05, 4.69) is 4.90 Å². The molecule has 8 heteroatoms. The van der Waals surface area contributed by atoms with E-state index in [1.54, 1.807) is 60.7 Å². The molecule has 0 radical (unpaired) electrons. The molecule has 1 fully saturated rings. The molecule has 7 nitrogen and oxygen atoms in total. The summed E-state index contributed by atoms with van der Waals surface area (Å²) in [6.07, 6.45) is 5.01. The number of nitrogens with zero attached hydrogens (tertiary/aromatic N) is 1. The average molecular weight is 622 g/mol. The maximum Gasteiger partial charge on any atom is 0.343 e. The Labute approximate surface area is 263 Å². The largest absolute Gasteiger partial charge is 0.492 e. The molecule has 1 aliphatic heterocycles. The lowest BCUT2D eigenvalue weighted by Gasteiger charge is -2.26. The molecule has 0 N–H and O–H groups in total. The number of carbonyl (C=O) groups excluding carboxylic acids is 1. The Morgan fingerprint density at radius 1 is 0.756 bits per heavy atom. The molecular weight excluding hydrogens is 586 g/mol. The number of rotatable bonds is 10. The molecule has 1 heterocycles. The fourth-order valence-electron chi connectivity index (χ4n) is 5.50. The average Bonchev–Trinajstić information content (AvgIpc) is 3.06. The smallest absolute Gasteiger partial charge is 0.343 e. The van der Waals surface area contributed by atoms with Gasteiger partial charge in [-0.3, -0.25) is 4.90 Å². The number of hydrogen-bond donors (Lipinski definition) is 0. The van der Waals surface area contributed by atoms with Crippen LogP contribution in [0.2, 0.25) is 0 Å². The topological polar surface area (TPSA) is 82.1 Å². The molecule has 0 aromatic heterocycles. The van der Waals surface area contributed by atoms with E-state index in [0.717, 1.165) is 47.3 Å². The summed E-state index contributed by atoms with van der Waals surface area (Å²) in [4.78, 5) is 15.4. The predicted octanol–water partition coefficient (Wildman–Crippen LogP) is 7.79. The van der Waals surface area contributed by atoms with E-state index in [4.69, 9.17) is 14.2 Å². The number of ether oxygens (including phenoxy) is 3. The van der Waals surface area contributed by atoms with E-state index in [1.807, 2.05) is 48.5 Å². The summed E-state index contributed by atoms with van der Waals surface area (Å²) in [5, 5.41) is 1.62. The van der Waals surface area contributed by atoms with Crippen LogP contribution in [0.15, 0.2) is 114 Å². The lowest BCUT2D eigenvalue weighted by molar-refractivity contribution is 0.0735. The van der Waals surface area contributed by atoms with Crippen LogP contribution in [-0.4, -0.2) is 51.8 Å². The van der Waals surface area contributed by atoms with Crippen molar-refractivity contribution < 1.29 is 27.4 Å². The Hall–Kier alpha value is -4.66. The molecule has 6 rings (SSSR count). The van der Waals surface area contributed by atoms with Gasteiger partial charge in [0.05, 0.1) is 10.5 Å². The maximum atomic E-state index is 12.7. The second-order valence-corrected chi connectivity index (χ2v) is 13.2. The summed E-state index contributed by atoms with van der Waals surface area (Å²) in [6, 6.07) is 32.4. The third kappa shape index (κ3) is 7.53. The zero-order valence-corrected chi connectivity index (χ0v) is 26.0. The van der Waals surface area contributed by atoms with Crippen molar-refractivity contribution in [3.05, 3.63) is 115 Å². The van der Waals surface area contributed by atoms with Crippen molar-refractivity contribution in [2.75, 3.05) is 32.5 Å². The van der Waals surface area contributed by atoms with E-state index in [9.17, 15) is 13.2 Å². The number of likely N-dealkylation sites (tertiary alicyclic amines) is 1. The molecule has 0 bridgehead atoms. The fraction of sp³-hybridized carbons (Fsp3) is 0.216. The van der Waals surface area contributed by atoms with Gasteiger partial charge in [0.2, 0.25) is 0 Å². The first-order valence-corrected chi connectivity index (χ1v) is 17.0. The summed E-state index contributed by atoms with van der Waals surface area (Å²) >= 11 is 0. The number of piperidine rings is 1. The fourth-order valence-corrected chi connectivity index (χ4v) is 6.13. The van der Waals surface area contributed by atoms with Crippen molar-refractivity contribution in [2.45, 2.75) is 24.2 Å². The molecule has 0 atom stereocenters. The van der Waals surface area contributed by atoms with Crippen molar-refractivity contribution in [1.82, 2.24) is 4.90 Å². The van der Waals surface area contributed by atoms with Gasteiger partial charge in [0.1, 0.15) is 29.6 Å². The van der Waals surface area contributed by atoms with Crippen LogP contribution in [0.5, 0.6) is 23.0 Å². The van der Waals surface area contributed by atoms with Crippen LogP contribution in [0.1, 0.15) is 29.6 Å². The number of hydrogen-bond acceptors (Lipinski definition) is 7. The molecule has 1 aliphatic rings. The molecule has 1 saturated heterocycles. The molecule has 0 aliphatic carbocycles. The molecule has 0 unspecified atom stereocenters. The first kappa shape index (κ1) is 30.4. The summed E-state index contributed by atoms with van der Waals surface area (Å²) in [5.74, 6) is 1.98. The highest BCUT2D eigenvalue weighted by Crippen LogP contribution is 2.41. The Bertz CT molecular complexity index is 1880. The Kier molecular flexibility index (Phi) is 9.14. The van der Waals surface area contributed by atoms with Crippen LogP contribution in [0.4, 0.5) is 0 Å². The van der Waals surface area contributed by atoms with Crippen LogP contribution in [0.3, 0.4) is 0 Å². The lowest BCUT2D eigenvalue weighted by Crippen LogP contribution is -2.33. The molecule has 0 spiro atoms. The van der Waals surface area contributed by atoms with E-state index in [0.29, 0.717) is 29.4 Å². The molecule has 0 amide bonds. The normalized spacial score (nSPS) is 13.8. The Morgan fingerprint density at radius 2 is 1.44 bits per heavy atom. The van der Waals surface area contributed by atoms with E-state index >= 15 is 0 Å². The van der Waals surface area contributed by atoms with E-state index in [1.165, 1.54) is 25.5 Å². The van der Waals surface area contributed by atoms with Gasteiger partial charge in [-0.2, -0.15) is 0 Å². The molecule has 230 valence electrons. The van der Waals surface area contributed by atoms with Gasteiger partial charge in [-0.25, -0.2) is 13.2 Å². The van der Waals surface area contributed by atoms with Crippen LogP contribution in [-0.2, 0) is 9.84 Å². The maximum absolute atomic E-state index is 12.7. The number of carbonyl (C=O) groups is 1. The number of benzene rings is 5. The van der Waals surface area contributed by atoms with Crippen molar-refractivity contribution in [3.8, 4) is 34.1 Å². The Morgan fingerprint density at radius 3 is 2.16 bits per heavy atom. The second kappa shape index (κ2) is 13.5. The van der Waals surface area contributed by atoms with Gasteiger partial charge in [0.15, 0.2) is 9.84 Å². The molecule has 45 heavy (non-hydrogen) atoms. The first-order chi connectivity index (χ1) is 21.8. The van der Waals surface area contributed by atoms with Crippen LogP contribution >= 0.6 is 0 Å². The third-order valence-electron chi connectivity index (χ3n) is 7.92. The number of fused-ring (bicyclic) bond motifs is 1. The van der Waals surface area contributed by atoms with Gasteiger partial charge in [-0.1, -0.05) is 42.8 Å². The zero-order chi connectivity index (χ0) is 31.2. The minimum absolute atomic E-state index is 0.246. The van der Waals surface area contributed by atoms with Gasteiger partial charge in [-0.15, -0.1) is 0 Å². The standard InChI is InChI=1S/C37H35NO6S/c1-45(40,41)33-18-10-27(11-19-33)34-20-12-29-26-32(44-37(39)28-8-4-2-5-9-28)17-21-35(29)36(34)43-31-15-13-30(14-16-31)42-25-24-38-22-6-3-7-23-38/h2,4-5,8-21,26H,3,6-7,22-25H2,1H3. The number of esters is 1. The van der Waals surface area contributed by atoms with Crippen molar-refractivity contribution in [2.24, 2.45) is 0 Å². The summed E-state index contributed by atoms with van der Waals surface area (Å²) < 4.78 is 42.3. The van der Waals surface area contributed by atoms with Crippen LogP contribution < -0.4 is 14.2 Å². The SMILES string of the molecule is CS(=O)(=O)c1ccc(-c2ccc3cc(OC(=O)c4ccccc4)ccc3c2Oc2ccc(OCCN3CCCCC3)cc2)cc1. The monoisotopic (exact) mass is 621 g/mol. The highest BCUT2D eigenvalue weighted by atomic mass is 32.2. The molecule has 5 aromatic rings. The van der Waals surface area contributed by atoms with Crippen molar-refractivity contribution >= 4 is 26.6 Å².